The van der Waals surface area contributed by atoms with E-state index in [1.165, 1.54) is 19.4 Å². The van der Waals surface area contributed by atoms with Gasteiger partial charge in [-0.15, -0.1) is 5.10 Å². The van der Waals surface area contributed by atoms with Crippen molar-refractivity contribution in [2.24, 2.45) is 5.92 Å². The van der Waals surface area contributed by atoms with Crippen LogP contribution < -0.4 is 10.6 Å². The van der Waals surface area contributed by atoms with Gasteiger partial charge in [-0.3, -0.25) is 0 Å². The summed E-state index contributed by atoms with van der Waals surface area (Å²) in [6.45, 7) is 5.20. The number of carbonyl (C=O) groups is 1. The molecular formula is C17H23N7O. The molecule has 132 valence electrons. The number of likely N-dealkylation sites (tertiary alicyclic amines) is 1. The molecule has 4 rings (SSSR count). The van der Waals surface area contributed by atoms with Crippen LogP contribution >= 0.6 is 0 Å². The van der Waals surface area contributed by atoms with Crippen LogP contribution in [0, 0.1) is 12.8 Å². The van der Waals surface area contributed by atoms with E-state index in [-0.39, 0.29) is 12.1 Å². The first kappa shape index (κ1) is 16.0. The highest BCUT2D eigenvalue weighted by atomic mass is 16.2. The third-order valence-electron chi connectivity index (χ3n) is 4.88. The molecule has 0 bridgehead atoms. The summed E-state index contributed by atoms with van der Waals surface area (Å²) < 4.78 is 1.59. The molecule has 2 amide bonds. The van der Waals surface area contributed by atoms with Crippen molar-refractivity contribution in [3.05, 3.63) is 30.1 Å². The molecule has 1 saturated heterocycles. The van der Waals surface area contributed by atoms with Gasteiger partial charge >= 0.3 is 6.03 Å². The Morgan fingerprint density at radius 2 is 2.20 bits per heavy atom. The highest BCUT2D eigenvalue weighted by molar-refractivity contribution is 5.89. The van der Waals surface area contributed by atoms with Crippen LogP contribution in [0.2, 0.25) is 0 Å². The number of tetrazole rings is 1. The van der Waals surface area contributed by atoms with E-state index < -0.39 is 0 Å². The van der Waals surface area contributed by atoms with Crippen LogP contribution in [0.4, 0.5) is 10.5 Å². The second-order valence-corrected chi connectivity index (χ2v) is 7.04. The van der Waals surface area contributed by atoms with E-state index in [0.717, 1.165) is 42.4 Å². The number of aryl methyl sites for hydroxylation is 1. The number of amides is 2. The van der Waals surface area contributed by atoms with E-state index in [2.05, 4.69) is 31.1 Å². The van der Waals surface area contributed by atoms with Gasteiger partial charge in [-0.1, -0.05) is 6.07 Å². The van der Waals surface area contributed by atoms with Crippen LogP contribution in [0.15, 0.2) is 24.5 Å². The summed E-state index contributed by atoms with van der Waals surface area (Å²) >= 11 is 0. The van der Waals surface area contributed by atoms with E-state index in [4.69, 9.17) is 0 Å². The third-order valence-corrected chi connectivity index (χ3v) is 4.88. The standard InChI is InChI=1S/C17H23N7O/c1-12-2-5-14(8-16(12)24-11-18-21-22-24)19-17(25)20-15-6-7-23(10-15)9-13-3-4-13/h2,5,8,11,13,15H,3-4,6-7,9-10H2,1H3,(H2,19,20,25)/t15-/m0/s1. The second kappa shape index (κ2) is 6.79. The van der Waals surface area contributed by atoms with Gasteiger partial charge in [0.15, 0.2) is 0 Å². The number of hydrogen-bond acceptors (Lipinski definition) is 5. The number of hydrogen-bond donors (Lipinski definition) is 2. The van der Waals surface area contributed by atoms with Gasteiger partial charge in [0.05, 0.1) is 5.69 Å². The van der Waals surface area contributed by atoms with Crippen molar-refractivity contribution in [1.29, 1.82) is 0 Å². The van der Waals surface area contributed by atoms with Crippen molar-refractivity contribution in [3.8, 4) is 5.69 Å². The summed E-state index contributed by atoms with van der Waals surface area (Å²) in [6, 6.07) is 5.77. The van der Waals surface area contributed by atoms with Crippen LogP contribution in [-0.2, 0) is 0 Å². The van der Waals surface area contributed by atoms with Crippen molar-refractivity contribution < 1.29 is 4.79 Å². The number of nitrogens with one attached hydrogen (secondary N) is 2. The molecule has 2 aromatic rings. The summed E-state index contributed by atoms with van der Waals surface area (Å²) in [5.74, 6) is 0.893. The lowest BCUT2D eigenvalue weighted by molar-refractivity contribution is 0.247. The third kappa shape index (κ3) is 3.96. The summed E-state index contributed by atoms with van der Waals surface area (Å²) in [5.41, 5.74) is 2.60. The van der Waals surface area contributed by atoms with E-state index in [1.807, 2.05) is 25.1 Å². The minimum Gasteiger partial charge on any atom is -0.334 e. The Morgan fingerprint density at radius 3 is 2.96 bits per heavy atom. The van der Waals surface area contributed by atoms with Crippen LogP contribution in [0.3, 0.4) is 0 Å². The van der Waals surface area contributed by atoms with Crippen LogP contribution in [0.1, 0.15) is 24.8 Å². The largest absolute Gasteiger partial charge is 0.334 e. The quantitative estimate of drug-likeness (QED) is 0.862. The number of nitrogens with zero attached hydrogens (tertiary/aromatic N) is 5. The number of carbonyl (C=O) groups excluding carboxylic acids is 1. The summed E-state index contributed by atoms with van der Waals surface area (Å²) in [7, 11) is 0. The van der Waals surface area contributed by atoms with Gasteiger partial charge in [0.1, 0.15) is 6.33 Å². The van der Waals surface area contributed by atoms with E-state index in [0.29, 0.717) is 0 Å². The van der Waals surface area contributed by atoms with Crippen molar-refractivity contribution in [3.63, 3.8) is 0 Å². The molecule has 2 aliphatic rings. The Morgan fingerprint density at radius 1 is 1.32 bits per heavy atom. The Bertz CT molecular complexity index is 741. The Hall–Kier alpha value is -2.48. The van der Waals surface area contributed by atoms with Crippen molar-refractivity contribution in [2.75, 3.05) is 25.0 Å². The molecule has 1 atom stereocenters. The van der Waals surface area contributed by atoms with E-state index >= 15 is 0 Å². The van der Waals surface area contributed by atoms with Gasteiger partial charge in [0.2, 0.25) is 0 Å². The number of aromatic nitrogens is 4. The van der Waals surface area contributed by atoms with E-state index in [1.54, 1.807) is 11.0 Å². The normalized spacial score (nSPS) is 20.6. The minimum atomic E-state index is -0.162. The summed E-state index contributed by atoms with van der Waals surface area (Å²) in [4.78, 5) is 14.8. The fourth-order valence-corrected chi connectivity index (χ4v) is 3.34. The van der Waals surface area contributed by atoms with Crippen molar-refractivity contribution >= 4 is 11.7 Å². The smallest absolute Gasteiger partial charge is 0.319 e. The SMILES string of the molecule is Cc1ccc(NC(=O)N[C@H]2CCN(CC3CC3)C2)cc1-n1cnnn1. The number of anilines is 1. The molecule has 1 aromatic carbocycles. The Balaban J connectivity index is 1.34. The van der Waals surface area contributed by atoms with Gasteiger partial charge in [-0.05, 0) is 60.2 Å². The highest BCUT2D eigenvalue weighted by Gasteiger charge is 2.29. The monoisotopic (exact) mass is 341 g/mol. The average molecular weight is 341 g/mol. The maximum atomic E-state index is 12.3. The molecule has 25 heavy (non-hydrogen) atoms. The molecule has 0 unspecified atom stereocenters. The van der Waals surface area contributed by atoms with Crippen LogP contribution in [0.5, 0.6) is 0 Å². The zero-order chi connectivity index (χ0) is 17.2. The first-order valence-electron chi connectivity index (χ1n) is 8.81. The van der Waals surface area contributed by atoms with Gasteiger partial charge in [0.25, 0.3) is 0 Å². The summed E-state index contributed by atoms with van der Waals surface area (Å²) in [6.07, 6.45) is 5.29. The van der Waals surface area contributed by atoms with Gasteiger partial charge < -0.3 is 15.5 Å². The number of urea groups is 1. The second-order valence-electron chi connectivity index (χ2n) is 7.04. The molecule has 8 nitrogen and oxygen atoms in total. The maximum Gasteiger partial charge on any atom is 0.319 e. The van der Waals surface area contributed by atoms with Crippen molar-refractivity contribution in [1.82, 2.24) is 30.4 Å². The molecule has 0 radical (unpaired) electrons. The van der Waals surface area contributed by atoms with Gasteiger partial charge in [0, 0.05) is 31.4 Å². The lowest BCUT2D eigenvalue weighted by atomic mass is 10.2. The molecular weight excluding hydrogens is 318 g/mol. The topological polar surface area (TPSA) is 88.0 Å². The molecule has 2 N–H and O–H groups in total. The van der Waals surface area contributed by atoms with Gasteiger partial charge in [-0.25, -0.2) is 9.48 Å². The van der Waals surface area contributed by atoms with Crippen LogP contribution in [0.25, 0.3) is 5.69 Å². The van der Waals surface area contributed by atoms with Gasteiger partial charge in [-0.2, -0.15) is 0 Å². The fraction of sp³-hybridized carbons (Fsp3) is 0.529. The Labute approximate surface area is 146 Å². The summed E-state index contributed by atoms with van der Waals surface area (Å²) in [5, 5.41) is 17.2. The van der Waals surface area contributed by atoms with Crippen LogP contribution in [-0.4, -0.2) is 56.8 Å². The maximum absolute atomic E-state index is 12.3. The predicted octanol–water partition coefficient (Wildman–Crippen LogP) is 1.58. The lowest BCUT2D eigenvalue weighted by Crippen LogP contribution is -2.39. The lowest BCUT2D eigenvalue weighted by Gasteiger charge is -2.17. The first-order chi connectivity index (χ1) is 12.2. The zero-order valence-corrected chi connectivity index (χ0v) is 14.4. The van der Waals surface area contributed by atoms with Crippen molar-refractivity contribution in [2.45, 2.75) is 32.2 Å². The molecule has 2 heterocycles. The van der Waals surface area contributed by atoms with E-state index in [9.17, 15) is 4.79 Å². The fourth-order valence-electron chi connectivity index (χ4n) is 3.34. The molecule has 8 heteroatoms. The molecule has 1 aliphatic heterocycles. The molecule has 1 aromatic heterocycles. The number of rotatable bonds is 5. The zero-order valence-electron chi connectivity index (χ0n) is 14.4. The number of benzene rings is 1. The highest BCUT2D eigenvalue weighted by Crippen LogP contribution is 2.30. The Kier molecular flexibility index (Phi) is 4.35. The first-order valence-corrected chi connectivity index (χ1v) is 8.81. The molecule has 0 spiro atoms. The minimum absolute atomic E-state index is 0.162. The molecule has 2 fully saturated rings. The molecule has 1 saturated carbocycles. The average Bonchev–Trinajstić information content (AvgIpc) is 3.06. The molecule has 1 aliphatic carbocycles. The predicted molar refractivity (Wildman–Crippen MR) is 93.6 cm³/mol.